The molecule has 0 spiro atoms. The highest BCUT2D eigenvalue weighted by molar-refractivity contribution is 5.93. The van der Waals surface area contributed by atoms with Crippen LogP contribution < -0.4 is 5.32 Å². The van der Waals surface area contributed by atoms with Gasteiger partial charge in [-0.05, 0) is 26.1 Å². The van der Waals surface area contributed by atoms with Gasteiger partial charge >= 0.3 is 0 Å². The zero-order chi connectivity index (χ0) is 12.1. The summed E-state index contributed by atoms with van der Waals surface area (Å²) in [6.07, 6.45) is -0.568. The van der Waals surface area contributed by atoms with Crippen LogP contribution in [0.1, 0.15) is 29.1 Å². The second-order valence-corrected chi connectivity index (χ2v) is 3.60. The minimum Gasteiger partial charge on any atom is -0.389 e. The Morgan fingerprint density at radius 2 is 2.19 bits per heavy atom. The van der Waals surface area contributed by atoms with E-state index in [4.69, 9.17) is 0 Å². The fourth-order valence-electron chi connectivity index (χ4n) is 1.31. The van der Waals surface area contributed by atoms with E-state index < -0.39 is 12.2 Å². The van der Waals surface area contributed by atoms with Crippen molar-refractivity contribution in [1.82, 2.24) is 10.3 Å². The third-order valence-corrected chi connectivity index (χ3v) is 2.27. The van der Waals surface area contributed by atoms with E-state index in [9.17, 15) is 15.0 Å². The lowest BCUT2D eigenvalue weighted by Crippen LogP contribution is -2.30. The van der Waals surface area contributed by atoms with E-state index >= 15 is 0 Å². The van der Waals surface area contributed by atoms with Crippen LogP contribution in [0.5, 0.6) is 0 Å². The van der Waals surface area contributed by atoms with Crippen LogP contribution in [0, 0.1) is 0 Å². The van der Waals surface area contributed by atoms with Crippen LogP contribution >= 0.6 is 0 Å². The third kappa shape index (κ3) is 3.10. The zero-order valence-corrected chi connectivity index (χ0v) is 9.34. The van der Waals surface area contributed by atoms with Gasteiger partial charge < -0.3 is 15.5 Å². The fourth-order valence-corrected chi connectivity index (χ4v) is 1.31. The first kappa shape index (κ1) is 12.8. The average molecular weight is 224 g/mol. The Morgan fingerprint density at radius 3 is 2.62 bits per heavy atom. The van der Waals surface area contributed by atoms with E-state index in [1.54, 1.807) is 19.2 Å². The Labute approximate surface area is 94.1 Å². The molecule has 1 heterocycles. The lowest BCUT2D eigenvalue weighted by molar-refractivity contribution is 0.0176. The van der Waals surface area contributed by atoms with Crippen molar-refractivity contribution in [2.75, 3.05) is 13.6 Å². The maximum Gasteiger partial charge on any atom is 0.161 e. The van der Waals surface area contributed by atoms with Gasteiger partial charge in [-0.1, -0.05) is 0 Å². The number of ketones is 1. The molecule has 0 radical (unpaired) electrons. The van der Waals surface area contributed by atoms with Gasteiger partial charge in [0.25, 0.3) is 0 Å². The lowest BCUT2D eigenvalue weighted by atomic mass is 10.1. The van der Waals surface area contributed by atoms with Crippen LogP contribution in [0.2, 0.25) is 0 Å². The third-order valence-electron chi connectivity index (χ3n) is 2.27. The molecule has 88 valence electrons. The summed E-state index contributed by atoms with van der Waals surface area (Å²) in [6.45, 7) is 1.72. The van der Waals surface area contributed by atoms with Gasteiger partial charge in [0, 0.05) is 18.3 Å². The first-order valence-corrected chi connectivity index (χ1v) is 5.04. The molecule has 0 fully saturated rings. The number of aliphatic hydroxyl groups is 2. The Balaban J connectivity index is 2.77. The second-order valence-electron chi connectivity index (χ2n) is 3.60. The van der Waals surface area contributed by atoms with Gasteiger partial charge in [0.15, 0.2) is 5.78 Å². The number of nitrogens with zero attached hydrogens (tertiary/aromatic N) is 1. The zero-order valence-electron chi connectivity index (χ0n) is 9.34. The number of pyridine rings is 1. The Hall–Kier alpha value is -1.30. The molecule has 16 heavy (non-hydrogen) atoms. The maximum absolute atomic E-state index is 11.0. The molecule has 5 heteroatoms. The van der Waals surface area contributed by atoms with Gasteiger partial charge in [0.1, 0.15) is 6.10 Å². The van der Waals surface area contributed by atoms with Gasteiger partial charge in [-0.2, -0.15) is 0 Å². The van der Waals surface area contributed by atoms with Gasteiger partial charge in [0.2, 0.25) is 0 Å². The highest BCUT2D eigenvalue weighted by atomic mass is 16.3. The Morgan fingerprint density at radius 1 is 1.50 bits per heavy atom. The molecule has 0 aromatic carbocycles. The van der Waals surface area contributed by atoms with Crippen LogP contribution in [0.25, 0.3) is 0 Å². The lowest BCUT2D eigenvalue weighted by Gasteiger charge is -2.16. The number of carbonyl (C=O) groups excluding carboxylic acids is 1. The molecule has 3 N–H and O–H groups in total. The van der Waals surface area contributed by atoms with E-state index in [0.29, 0.717) is 11.3 Å². The Kier molecular flexibility index (Phi) is 4.54. The molecular weight excluding hydrogens is 208 g/mol. The van der Waals surface area contributed by atoms with Crippen LogP contribution in [-0.4, -0.2) is 40.7 Å². The van der Waals surface area contributed by atoms with Gasteiger partial charge in [-0.25, -0.2) is 0 Å². The smallest absolute Gasteiger partial charge is 0.161 e. The van der Waals surface area contributed by atoms with E-state index in [-0.39, 0.29) is 12.3 Å². The predicted molar refractivity (Wildman–Crippen MR) is 59.1 cm³/mol. The van der Waals surface area contributed by atoms with Crippen molar-refractivity contribution in [3.8, 4) is 0 Å². The number of carbonyl (C=O) groups is 1. The summed E-state index contributed by atoms with van der Waals surface area (Å²) in [4.78, 5) is 14.9. The summed E-state index contributed by atoms with van der Waals surface area (Å²) in [7, 11) is 1.68. The van der Waals surface area contributed by atoms with Crippen LogP contribution in [0.4, 0.5) is 0 Å². The molecule has 0 saturated heterocycles. The molecule has 1 aromatic heterocycles. The van der Waals surface area contributed by atoms with Crippen molar-refractivity contribution >= 4 is 5.78 Å². The number of Topliss-reactive ketones (excluding diaryl/α,β-unsaturated/α-hetero) is 1. The van der Waals surface area contributed by atoms with Gasteiger partial charge in [0.05, 0.1) is 11.8 Å². The normalized spacial score (nSPS) is 14.5. The molecule has 5 nitrogen and oxygen atoms in total. The fraction of sp³-hybridized carbons (Fsp3) is 0.455. The van der Waals surface area contributed by atoms with E-state index in [2.05, 4.69) is 10.3 Å². The van der Waals surface area contributed by atoms with Crippen LogP contribution in [0.3, 0.4) is 0 Å². The number of aromatic nitrogens is 1. The topological polar surface area (TPSA) is 82.5 Å². The molecule has 0 bridgehead atoms. The standard InChI is InChI=1S/C11H16N2O3/c1-7(14)8-3-4-9(13-5-8)11(16)10(15)6-12-2/h3-5,10-12,15-16H,6H2,1-2H3. The summed E-state index contributed by atoms with van der Waals surface area (Å²) >= 11 is 0. The summed E-state index contributed by atoms with van der Waals surface area (Å²) in [6, 6.07) is 3.13. The number of hydrogen-bond acceptors (Lipinski definition) is 5. The molecule has 2 atom stereocenters. The maximum atomic E-state index is 11.0. The van der Waals surface area contributed by atoms with Crippen molar-refractivity contribution in [2.45, 2.75) is 19.1 Å². The first-order chi connectivity index (χ1) is 7.56. The molecule has 0 aliphatic carbocycles. The largest absolute Gasteiger partial charge is 0.389 e. The van der Waals surface area contributed by atoms with Crippen molar-refractivity contribution in [3.05, 3.63) is 29.6 Å². The number of nitrogens with one attached hydrogen (secondary N) is 1. The molecule has 1 aromatic rings. The molecule has 2 unspecified atom stereocenters. The van der Waals surface area contributed by atoms with Gasteiger partial charge in [-0.15, -0.1) is 0 Å². The van der Waals surface area contributed by atoms with Crippen molar-refractivity contribution in [3.63, 3.8) is 0 Å². The molecule has 0 aliphatic rings. The minimum atomic E-state index is -1.05. The first-order valence-electron chi connectivity index (χ1n) is 5.04. The number of rotatable bonds is 5. The summed E-state index contributed by atoms with van der Waals surface area (Å²) in [5, 5.41) is 22.0. The molecule has 0 aliphatic heterocycles. The SMILES string of the molecule is CNCC(O)C(O)c1ccc(C(C)=O)cn1. The molecular formula is C11H16N2O3. The minimum absolute atomic E-state index is 0.0793. The second kappa shape index (κ2) is 5.69. The monoisotopic (exact) mass is 224 g/mol. The molecule has 0 amide bonds. The quantitative estimate of drug-likeness (QED) is 0.608. The molecule has 1 rings (SSSR count). The van der Waals surface area contributed by atoms with Crippen LogP contribution in [-0.2, 0) is 0 Å². The van der Waals surface area contributed by atoms with E-state index in [1.165, 1.54) is 13.1 Å². The number of likely N-dealkylation sites (N-methyl/N-ethyl adjacent to an activating group) is 1. The average Bonchev–Trinajstić information content (AvgIpc) is 2.28. The summed E-state index contributed by atoms with van der Waals surface area (Å²) in [5.74, 6) is -0.0793. The van der Waals surface area contributed by atoms with Crippen LogP contribution in [0.15, 0.2) is 18.3 Å². The number of hydrogen-bond donors (Lipinski definition) is 3. The Bertz CT molecular complexity index is 351. The highest BCUT2D eigenvalue weighted by Crippen LogP contribution is 2.14. The van der Waals surface area contributed by atoms with Crippen molar-refractivity contribution in [1.29, 1.82) is 0 Å². The van der Waals surface area contributed by atoms with Crippen molar-refractivity contribution < 1.29 is 15.0 Å². The van der Waals surface area contributed by atoms with E-state index in [0.717, 1.165) is 0 Å². The van der Waals surface area contributed by atoms with Gasteiger partial charge in [-0.3, -0.25) is 9.78 Å². The van der Waals surface area contributed by atoms with Crippen molar-refractivity contribution in [2.24, 2.45) is 0 Å². The molecule has 0 saturated carbocycles. The number of aliphatic hydroxyl groups excluding tert-OH is 2. The highest BCUT2D eigenvalue weighted by Gasteiger charge is 2.18. The van der Waals surface area contributed by atoms with E-state index in [1.807, 2.05) is 0 Å². The summed E-state index contributed by atoms with van der Waals surface area (Å²) in [5.41, 5.74) is 0.840. The predicted octanol–water partition coefficient (Wildman–Crippen LogP) is -0.102. The summed E-state index contributed by atoms with van der Waals surface area (Å²) < 4.78 is 0.